The highest BCUT2D eigenvalue weighted by Crippen LogP contribution is 2.29. The topological polar surface area (TPSA) is 66.4 Å². The maximum absolute atomic E-state index is 11.8. The summed E-state index contributed by atoms with van der Waals surface area (Å²) in [5, 5.41) is 11.7. The molecule has 0 radical (unpaired) electrons. The molecule has 2 N–H and O–H groups in total. The lowest BCUT2D eigenvalue weighted by atomic mass is 9.81. The number of carbonyl (C=O) groups is 2. The molecule has 0 saturated heterocycles. The Bertz CT molecular complexity index is 319. The molecular weight excluding hydrogens is 218 g/mol. The lowest BCUT2D eigenvalue weighted by Crippen LogP contribution is -2.35. The fraction of sp³-hybridized carbons (Fsp3) is 0.692. The molecule has 1 rings (SSSR count). The number of carboxylic acid groups (broad SMARTS) is 1. The van der Waals surface area contributed by atoms with Gasteiger partial charge in [-0.3, -0.25) is 9.59 Å². The van der Waals surface area contributed by atoms with Gasteiger partial charge in [-0.15, -0.1) is 12.3 Å². The first-order valence-electron chi connectivity index (χ1n) is 6.09. The molecule has 0 spiro atoms. The smallest absolute Gasteiger partial charge is 0.306 e. The van der Waals surface area contributed by atoms with Gasteiger partial charge in [0.25, 0.3) is 0 Å². The zero-order chi connectivity index (χ0) is 12.7. The zero-order valence-electron chi connectivity index (χ0n) is 9.95. The third-order valence-electron chi connectivity index (χ3n) is 3.19. The highest BCUT2D eigenvalue weighted by atomic mass is 16.4. The maximum Gasteiger partial charge on any atom is 0.306 e. The number of amides is 1. The van der Waals surface area contributed by atoms with Crippen molar-refractivity contribution < 1.29 is 14.7 Å². The number of aliphatic carboxylic acids is 1. The molecule has 1 aliphatic carbocycles. The Morgan fingerprint density at radius 2 is 2.06 bits per heavy atom. The second kappa shape index (κ2) is 6.95. The number of hydrogen-bond acceptors (Lipinski definition) is 2. The van der Waals surface area contributed by atoms with Crippen molar-refractivity contribution in [2.24, 2.45) is 11.8 Å². The van der Waals surface area contributed by atoms with Crippen molar-refractivity contribution in [3.63, 3.8) is 0 Å². The maximum atomic E-state index is 11.8. The molecule has 4 nitrogen and oxygen atoms in total. The average molecular weight is 237 g/mol. The van der Waals surface area contributed by atoms with Crippen molar-refractivity contribution in [1.29, 1.82) is 0 Å². The van der Waals surface area contributed by atoms with Gasteiger partial charge < -0.3 is 10.4 Å². The first-order chi connectivity index (χ1) is 8.15. The molecule has 1 aliphatic rings. The molecular formula is C13H19NO3. The molecule has 0 bridgehead atoms. The monoisotopic (exact) mass is 237 g/mol. The third kappa shape index (κ3) is 4.48. The summed E-state index contributed by atoms with van der Waals surface area (Å²) in [6.45, 7) is 0.581. The molecule has 0 aromatic rings. The third-order valence-corrected chi connectivity index (χ3v) is 3.19. The van der Waals surface area contributed by atoms with Crippen molar-refractivity contribution in [3.05, 3.63) is 0 Å². The Kier molecular flexibility index (Phi) is 5.55. The van der Waals surface area contributed by atoms with Crippen molar-refractivity contribution in [3.8, 4) is 12.3 Å². The molecule has 2 unspecified atom stereocenters. The Balaban J connectivity index is 2.31. The van der Waals surface area contributed by atoms with Crippen LogP contribution in [0.3, 0.4) is 0 Å². The SMILES string of the molecule is C#CCCCNC(=O)C1CCCC(C(=O)O)C1. The van der Waals surface area contributed by atoms with Crippen LogP contribution in [0.2, 0.25) is 0 Å². The Hall–Kier alpha value is -1.50. The quantitative estimate of drug-likeness (QED) is 0.561. The van der Waals surface area contributed by atoms with E-state index in [-0.39, 0.29) is 17.7 Å². The van der Waals surface area contributed by atoms with Crippen LogP contribution in [0.25, 0.3) is 0 Å². The van der Waals surface area contributed by atoms with Gasteiger partial charge in [-0.25, -0.2) is 0 Å². The van der Waals surface area contributed by atoms with Crippen LogP contribution in [0.4, 0.5) is 0 Å². The molecule has 0 aromatic heterocycles. The van der Waals surface area contributed by atoms with Crippen LogP contribution in [0.5, 0.6) is 0 Å². The van der Waals surface area contributed by atoms with Gasteiger partial charge in [0.2, 0.25) is 5.91 Å². The number of nitrogens with one attached hydrogen (secondary N) is 1. The van der Waals surface area contributed by atoms with Crippen LogP contribution in [0.15, 0.2) is 0 Å². The Morgan fingerprint density at radius 1 is 1.35 bits per heavy atom. The summed E-state index contributed by atoms with van der Waals surface area (Å²) in [5.41, 5.74) is 0. The van der Waals surface area contributed by atoms with Crippen LogP contribution in [-0.4, -0.2) is 23.5 Å². The number of carboxylic acids is 1. The number of unbranched alkanes of at least 4 members (excludes halogenated alkanes) is 1. The summed E-state index contributed by atoms with van der Waals surface area (Å²) in [5.74, 6) is 1.21. The van der Waals surface area contributed by atoms with Gasteiger partial charge in [0.05, 0.1) is 5.92 Å². The van der Waals surface area contributed by atoms with E-state index in [0.717, 1.165) is 19.3 Å². The minimum absolute atomic E-state index is 0.0204. The lowest BCUT2D eigenvalue weighted by Gasteiger charge is -2.25. The summed E-state index contributed by atoms with van der Waals surface area (Å²) in [6, 6.07) is 0. The predicted molar refractivity (Wildman–Crippen MR) is 64.2 cm³/mol. The minimum Gasteiger partial charge on any atom is -0.481 e. The number of terminal acetylenes is 1. The van der Waals surface area contributed by atoms with E-state index in [1.807, 2.05) is 0 Å². The summed E-state index contributed by atoms with van der Waals surface area (Å²) in [7, 11) is 0. The van der Waals surface area contributed by atoms with E-state index < -0.39 is 5.97 Å². The van der Waals surface area contributed by atoms with Crippen LogP contribution in [0.1, 0.15) is 38.5 Å². The van der Waals surface area contributed by atoms with Gasteiger partial charge >= 0.3 is 5.97 Å². The molecule has 17 heavy (non-hydrogen) atoms. The van der Waals surface area contributed by atoms with Gasteiger partial charge in [0.15, 0.2) is 0 Å². The molecule has 0 heterocycles. The van der Waals surface area contributed by atoms with E-state index in [4.69, 9.17) is 11.5 Å². The predicted octanol–water partition coefficient (Wildman–Crippen LogP) is 1.41. The molecule has 1 amide bonds. The molecule has 1 saturated carbocycles. The first-order valence-corrected chi connectivity index (χ1v) is 6.09. The van der Waals surface area contributed by atoms with E-state index in [2.05, 4.69) is 11.2 Å². The first kappa shape index (κ1) is 13.6. The second-order valence-electron chi connectivity index (χ2n) is 4.50. The molecule has 0 aliphatic heterocycles. The van der Waals surface area contributed by atoms with Gasteiger partial charge in [0, 0.05) is 18.9 Å². The number of carbonyl (C=O) groups excluding carboxylic acids is 1. The zero-order valence-corrected chi connectivity index (χ0v) is 9.95. The van der Waals surface area contributed by atoms with Crippen molar-refractivity contribution >= 4 is 11.9 Å². The van der Waals surface area contributed by atoms with Crippen LogP contribution in [-0.2, 0) is 9.59 Å². The second-order valence-corrected chi connectivity index (χ2v) is 4.50. The van der Waals surface area contributed by atoms with Crippen molar-refractivity contribution in [1.82, 2.24) is 5.32 Å². The average Bonchev–Trinajstić information content (AvgIpc) is 2.34. The van der Waals surface area contributed by atoms with Gasteiger partial charge in [-0.05, 0) is 25.7 Å². The standard InChI is InChI=1S/C13H19NO3/c1-2-3-4-8-14-12(15)10-6-5-7-11(9-10)13(16)17/h1,10-11H,3-9H2,(H,14,15)(H,16,17). The minimum atomic E-state index is -0.783. The Morgan fingerprint density at radius 3 is 2.71 bits per heavy atom. The summed E-state index contributed by atoms with van der Waals surface area (Å²) < 4.78 is 0. The van der Waals surface area contributed by atoms with Crippen molar-refractivity contribution in [2.45, 2.75) is 38.5 Å². The highest BCUT2D eigenvalue weighted by Gasteiger charge is 2.30. The van der Waals surface area contributed by atoms with Gasteiger partial charge in [-0.1, -0.05) is 6.42 Å². The molecule has 0 aromatic carbocycles. The van der Waals surface area contributed by atoms with Crippen molar-refractivity contribution in [2.75, 3.05) is 6.54 Å². The highest BCUT2D eigenvalue weighted by molar-refractivity contribution is 5.80. The number of hydrogen-bond donors (Lipinski definition) is 2. The summed E-state index contributed by atoms with van der Waals surface area (Å²) in [4.78, 5) is 22.6. The summed E-state index contributed by atoms with van der Waals surface area (Å²) >= 11 is 0. The largest absolute Gasteiger partial charge is 0.481 e. The molecule has 94 valence electrons. The fourth-order valence-electron chi connectivity index (χ4n) is 2.20. The number of rotatable bonds is 5. The van der Waals surface area contributed by atoms with Crippen LogP contribution < -0.4 is 5.32 Å². The van der Waals surface area contributed by atoms with Gasteiger partial charge in [-0.2, -0.15) is 0 Å². The normalized spacial score (nSPS) is 23.7. The van der Waals surface area contributed by atoms with E-state index in [0.29, 0.717) is 25.8 Å². The van der Waals surface area contributed by atoms with E-state index in [1.54, 1.807) is 0 Å². The van der Waals surface area contributed by atoms with Gasteiger partial charge in [0.1, 0.15) is 0 Å². The molecule has 1 fully saturated rings. The van der Waals surface area contributed by atoms with E-state index in [9.17, 15) is 9.59 Å². The Labute approximate surface area is 102 Å². The van der Waals surface area contributed by atoms with Crippen LogP contribution >= 0.6 is 0 Å². The van der Waals surface area contributed by atoms with Crippen LogP contribution in [0, 0.1) is 24.2 Å². The van der Waals surface area contributed by atoms with E-state index >= 15 is 0 Å². The lowest BCUT2D eigenvalue weighted by molar-refractivity contribution is -0.144. The summed E-state index contributed by atoms with van der Waals surface area (Å²) in [6.07, 6.45) is 9.32. The molecule has 2 atom stereocenters. The molecule has 4 heteroatoms. The van der Waals surface area contributed by atoms with E-state index in [1.165, 1.54) is 0 Å². The fourth-order valence-corrected chi connectivity index (χ4v) is 2.20.